The molecule has 12 heteroatoms. The summed E-state index contributed by atoms with van der Waals surface area (Å²) in [7, 11) is 2.18. The van der Waals surface area contributed by atoms with E-state index in [0.29, 0.717) is 38.8 Å². The number of halogens is 1. The fraction of sp³-hybridized carbons (Fsp3) is 0.459. The van der Waals surface area contributed by atoms with Crippen molar-refractivity contribution in [3.05, 3.63) is 76.8 Å². The molecule has 4 aromatic rings. The van der Waals surface area contributed by atoms with Crippen molar-refractivity contribution in [3.8, 4) is 12.1 Å². The molecule has 3 fully saturated rings. The van der Waals surface area contributed by atoms with Crippen molar-refractivity contribution in [3.63, 3.8) is 0 Å². The summed E-state index contributed by atoms with van der Waals surface area (Å²) >= 11 is 6.76. The maximum Gasteiger partial charge on any atom is 0.318 e. The lowest BCUT2D eigenvalue weighted by Crippen LogP contribution is -2.55. The van der Waals surface area contributed by atoms with Gasteiger partial charge in [-0.25, -0.2) is 0 Å². The van der Waals surface area contributed by atoms with Gasteiger partial charge in [0, 0.05) is 69.0 Å². The number of fused-ring (bicyclic) bond motifs is 2. The molecule has 2 aromatic heterocycles. The number of hydrogen-bond donors (Lipinski definition) is 0. The van der Waals surface area contributed by atoms with E-state index in [1.54, 1.807) is 17.0 Å². The quantitative estimate of drug-likeness (QED) is 0.257. The van der Waals surface area contributed by atoms with Gasteiger partial charge in [-0.1, -0.05) is 35.9 Å². The average molecular weight is 681 g/mol. The first-order chi connectivity index (χ1) is 23.9. The number of likely N-dealkylation sites (N-methyl/N-ethyl adjacent to an activating group) is 1. The van der Waals surface area contributed by atoms with Crippen LogP contribution in [0, 0.1) is 11.3 Å². The van der Waals surface area contributed by atoms with Crippen LogP contribution in [0.5, 0.6) is 6.01 Å². The molecule has 2 aromatic carbocycles. The summed E-state index contributed by atoms with van der Waals surface area (Å²) in [5.74, 6) is 0.934. The first-order valence-electron chi connectivity index (χ1n) is 17.3. The molecule has 2 saturated heterocycles. The molecule has 3 aliphatic heterocycles. The number of ether oxygens (including phenoxy) is 1. The summed E-state index contributed by atoms with van der Waals surface area (Å²) < 4.78 is 12.0. The summed E-state index contributed by atoms with van der Waals surface area (Å²) in [6.45, 7) is 7.64. The number of piperazine rings is 2. The number of furan rings is 1. The predicted octanol–water partition coefficient (Wildman–Crippen LogP) is 4.84. The Morgan fingerprint density at radius 3 is 2.59 bits per heavy atom. The van der Waals surface area contributed by atoms with E-state index in [0.717, 1.165) is 90.5 Å². The maximum atomic E-state index is 13.3. The van der Waals surface area contributed by atoms with Crippen molar-refractivity contribution < 1.29 is 13.9 Å². The number of amides is 1. The molecule has 0 spiro atoms. The second kappa shape index (κ2) is 13.2. The predicted molar refractivity (Wildman–Crippen MR) is 188 cm³/mol. The number of carbonyl (C=O) groups is 1. The lowest BCUT2D eigenvalue weighted by molar-refractivity contribution is 0.0625. The Kier molecular flexibility index (Phi) is 8.56. The van der Waals surface area contributed by atoms with Crippen molar-refractivity contribution in [2.75, 3.05) is 75.8 Å². The molecule has 0 N–H and O–H groups in total. The summed E-state index contributed by atoms with van der Waals surface area (Å²) in [5, 5.41) is 12.6. The van der Waals surface area contributed by atoms with Gasteiger partial charge in [-0.15, -0.1) is 0 Å². The molecule has 1 aliphatic carbocycles. The number of carbonyl (C=O) groups excluding carboxylic acids is 1. The topological polar surface area (TPSA) is 105 Å². The molecule has 1 atom stereocenters. The second-order valence-electron chi connectivity index (χ2n) is 13.8. The van der Waals surface area contributed by atoms with Crippen LogP contribution < -0.4 is 14.5 Å². The minimum absolute atomic E-state index is 0.0438. The zero-order valence-corrected chi connectivity index (χ0v) is 28.6. The molecule has 1 saturated carbocycles. The zero-order valence-electron chi connectivity index (χ0n) is 27.9. The fourth-order valence-electron chi connectivity index (χ4n) is 7.77. The summed E-state index contributed by atoms with van der Waals surface area (Å²) in [6.07, 6.45) is 4.69. The standard InChI is InChI=1S/C37H41ClN8O3/c1-42-16-19-45(20-17-42)37(12-13-37)25-49-36-40-30-24-43(31-8-3-6-26-5-2-7-29(38)33(26)31)15-11-28(30)34(41-36)44-18-21-46(27(23-44)10-14-39)35(47)32-9-4-22-48-32/h2-9,22,27H,10-13,15-21,23-25H2,1H3/t27-/m0/s1. The van der Waals surface area contributed by atoms with Crippen LogP contribution in [-0.4, -0.2) is 108 Å². The van der Waals surface area contributed by atoms with E-state index in [9.17, 15) is 10.1 Å². The number of aromatic nitrogens is 2. The van der Waals surface area contributed by atoms with E-state index in [1.165, 1.54) is 6.26 Å². The monoisotopic (exact) mass is 680 g/mol. The normalized spacial score (nSPS) is 21.0. The van der Waals surface area contributed by atoms with E-state index in [-0.39, 0.29) is 29.7 Å². The molecule has 8 rings (SSSR count). The largest absolute Gasteiger partial charge is 0.461 e. The molecule has 4 aliphatic rings. The third-order valence-corrected chi connectivity index (χ3v) is 11.1. The molecule has 0 bridgehead atoms. The van der Waals surface area contributed by atoms with Crippen molar-refractivity contribution >= 4 is 39.8 Å². The molecular formula is C37H41ClN8O3. The summed E-state index contributed by atoms with van der Waals surface area (Å²) in [6, 6.07) is 18.1. The van der Waals surface area contributed by atoms with Gasteiger partial charge in [0.2, 0.25) is 0 Å². The number of anilines is 2. The van der Waals surface area contributed by atoms with E-state index in [2.05, 4.69) is 57.0 Å². The SMILES string of the molecule is CN1CCN(C2(COc3nc4c(c(N5CCN(C(=O)c6ccco6)[C@@H](CC#N)C5)n3)CCN(c3cccc5cccc(Cl)c35)C4)CC2)CC1. The van der Waals surface area contributed by atoms with Crippen LogP contribution in [0.3, 0.4) is 0 Å². The minimum atomic E-state index is -0.309. The average Bonchev–Trinajstić information content (AvgIpc) is 3.71. The maximum absolute atomic E-state index is 13.3. The second-order valence-corrected chi connectivity index (χ2v) is 14.2. The highest BCUT2D eigenvalue weighted by atomic mass is 35.5. The van der Waals surface area contributed by atoms with Crippen LogP contribution in [0.4, 0.5) is 11.5 Å². The van der Waals surface area contributed by atoms with E-state index in [1.807, 2.05) is 12.1 Å². The third kappa shape index (κ3) is 6.18. The van der Waals surface area contributed by atoms with Crippen molar-refractivity contribution in [2.24, 2.45) is 0 Å². The highest BCUT2D eigenvalue weighted by Gasteiger charge is 2.49. The fourth-order valence-corrected chi connectivity index (χ4v) is 8.05. The van der Waals surface area contributed by atoms with Crippen LogP contribution in [0.2, 0.25) is 5.02 Å². The molecule has 1 amide bonds. The van der Waals surface area contributed by atoms with Gasteiger partial charge in [0.25, 0.3) is 5.91 Å². The number of hydrogen-bond acceptors (Lipinski definition) is 10. The van der Waals surface area contributed by atoms with Crippen LogP contribution in [-0.2, 0) is 13.0 Å². The Morgan fingerprint density at radius 1 is 1.02 bits per heavy atom. The highest BCUT2D eigenvalue weighted by Crippen LogP contribution is 2.43. The molecule has 11 nitrogen and oxygen atoms in total. The van der Waals surface area contributed by atoms with Gasteiger partial charge < -0.3 is 28.8 Å². The Balaban J connectivity index is 1.10. The summed E-state index contributed by atoms with van der Waals surface area (Å²) in [4.78, 5) is 34.8. The number of benzene rings is 2. The van der Waals surface area contributed by atoms with Crippen LogP contribution in [0.25, 0.3) is 10.8 Å². The van der Waals surface area contributed by atoms with E-state index in [4.69, 9.17) is 30.7 Å². The van der Waals surface area contributed by atoms with Crippen LogP contribution >= 0.6 is 11.6 Å². The van der Waals surface area contributed by atoms with E-state index >= 15 is 0 Å². The Labute approximate surface area is 291 Å². The van der Waals surface area contributed by atoms with Gasteiger partial charge in [0.05, 0.1) is 47.6 Å². The number of nitriles is 1. The molecule has 49 heavy (non-hydrogen) atoms. The van der Waals surface area contributed by atoms with Crippen LogP contribution in [0.15, 0.2) is 59.2 Å². The molecule has 254 valence electrons. The van der Waals surface area contributed by atoms with Crippen molar-refractivity contribution in [2.45, 2.75) is 43.8 Å². The molecule has 0 radical (unpaired) electrons. The molecule has 0 unspecified atom stereocenters. The number of nitrogens with zero attached hydrogens (tertiary/aromatic N) is 8. The van der Waals surface area contributed by atoms with E-state index < -0.39 is 0 Å². The highest BCUT2D eigenvalue weighted by molar-refractivity contribution is 6.36. The van der Waals surface area contributed by atoms with Gasteiger partial charge in [0.15, 0.2) is 5.76 Å². The molecule has 5 heterocycles. The first-order valence-corrected chi connectivity index (χ1v) is 17.6. The van der Waals surface area contributed by atoms with Gasteiger partial charge in [-0.2, -0.15) is 15.2 Å². The minimum Gasteiger partial charge on any atom is -0.461 e. The van der Waals surface area contributed by atoms with Crippen molar-refractivity contribution in [1.82, 2.24) is 24.7 Å². The molecular weight excluding hydrogens is 640 g/mol. The smallest absolute Gasteiger partial charge is 0.318 e. The third-order valence-electron chi connectivity index (χ3n) is 10.8. The zero-order chi connectivity index (χ0) is 33.5. The van der Waals surface area contributed by atoms with Gasteiger partial charge >= 0.3 is 6.01 Å². The van der Waals surface area contributed by atoms with Crippen LogP contribution in [0.1, 0.15) is 41.1 Å². The Morgan fingerprint density at radius 2 is 1.84 bits per heavy atom. The number of rotatable bonds is 8. The lowest BCUT2D eigenvalue weighted by atomic mass is 10.0. The Hall–Kier alpha value is -4.37. The summed E-state index contributed by atoms with van der Waals surface area (Å²) in [5.41, 5.74) is 3.16. The lowest BCUT2D eigenvalue weighted by Gasteiger charge is -2.42. The van der Waals surface area contributed by atoms with Crippen molar-refractivity contribution in [1.29, 1.82) is 5.26 Å². The van der Waals surface area contributed by atoms with Gasteiger partial charge in [-0.05, 0) is 56.0 Å². The first kappa shape index (κ1) is 31.9. The van der Waals surface area contributed by atoms with Gasteiger partial charge in [-0.3, -0.25) is 9.69 Å². The Bertz CT molecular complexity index is 1880. The van der Waals surface area contributed by atoms with Gasteiger partial charge in [0.1, 0.15) is 12.4 Å².